The summed E-state index contributed by atoms with van der Waals surface area (Å²) in [6, 6.07) is 24.2. The first-order valence-electron chi connectivity index (χ1n) is 17.0. The number of amides is 1. The van der Waals surface area contributed by atoms with Gasteiger partial charge in [0.25, 0.3) is 5.78 Å². The van der Waals surface area contributed by atoms with Crippen LogP contribution in [0.2, 0.25) is 10.0 Å². The van der Waals surface area contributed by atoms with Gasteiger partial charge in [-0.25, -0.2) is 0 Å². The van der Waals surface area contributed by atoms with Crippen molar-refractivity contribution in [2.75, 3.05) is 18.6 Å². The van der Waals surface area contributed by atoms with Crippen molar-refractivity contribution in [3.63, 3.8) is 0 Å². The first kappa shape index (κ1) is 38.2. The third kappa shape index (κ3) is 8.98. The van der Waals surface area contributed by atoms with Gasteiger partial charge in [-0.05, 0) is 78.6 Å². The number of hydrogen-bond donors (Lipinski definition) is 1. The summed E-state index contributed by atoms with van der Waals surface area (Å²) >= 11 is 15.0. The molecule has 0 saturated carbocycles. The molecule has 1 saturated heterocycles. The van der Waals surface area contributed by atoms with E-state index in [4.69, 9.17) is 37.4 Å². The maximum Gasteiger partial charge on any atom is 0.301 e. The molecule has 1 atom stereocenters. The van der Waals surface area contributed by atoms with E-state index in [2.05, 4.69) is 17.1 Å². The number of carbonyl (C=O) groups is 2. The molecular formula is C40H37Cl2N3O6S2. The zero-order valence-corrected chi connectivity index (χ0v) is 32.5. The zero-order valence-electron chi connectivity index (χ0n) is 29.3. The van der Waals surface area contributed by atoms with E-state index >= 15 is 0 Å². The van der Waals surface area contributed by atoms with E-state index < -0.39 is 17.7 Å². The SMILES string of the molecule is CCCCCOc1ccc(C2C(=C(O)c3ccc(OCc4cccc(C)c4)cc3)C(=O)C(=O)N2c2nnc(SCc3ccc(Cl)cc3Cl)s2)cc1OC. The van der Waals surface area contributed by atoms with Crippen LogP contribution in [-0.4, -0.2) is 40.7 Å². The number of unbranched alkanes of at least 4 members (excludes halogenated alkanes) is 2. The van der Waals surface area contributed by atoms with Crippen LogP contribution in [0.25, 0.3) is 5.76 Å². The Labute approximate surface area is 326 Å². The van der Waals surface area contributed by atoms with E-state index in [1.807, 2.05) is 37.3 Å². The van der Waals surface area contributed by atoms with E-state index in [1.54, 1.807) is 54.6 Å². The van der Waals surface area contributed by atoms with Crippen molar-refractivity contribution < 1.29 is 28.9 Å². The van der Waals surface area contributed by atoms with Gasteiger partial charge in [-0.3, -0.25) is 14.5 Å². The largest absolute Gasteiger partial charge is 0.507 e. The third-order valence-corrected chi connectivity index (χ3v) is 11.2. The van der Waals surface area contributed by atoms with Gasteiger partial charge in [0.05, 0.1) is 25.3 Å². The second-order valence-electron chi connectivity index (χ2n) is 12.3. The highest BCUT2D eigenvalue weighted by Gasteiger charge is 2.48. The molecule has 6 rings (SSSR count). The monoisotopic (exact) mass is 789 g/mol. The molecule has 53 heavy (non-hydrogen) atoms. The molecule has 0 radical (unpaired) electrons. The van der Waals surface area contributed by atoms with Gasteiger partial charge in [-0.2, -0.15) is 0 Å². The van der Waals surface area contributed by atoms with Crippen LogP contribution in [0.4, 0.5) is 5.13 Å². The minimum Gasteiger partial charge on any atom is -0.507 e. The number of methoxy groups -OCH3 is 1. The molecule has 2 heterocycles. The number of halogens is 2. The Morgan fingerprint density at radius 1 is 0.943 bits per heavy atom. The minimum absolute atomic E-state index is 0.0977. The van der Waals surface area contributed by atoms with E-state index in [0.29, 0.717) is 61.7 Å². The standard InChI is InChI=1S/C40H37Cl2N3O6S2/c1-4-5-6-18-50-32-17-13-27(20-33(32)49-3)35-34(36(46)26-11-15-30(16-12-26)51-22-25-9-7-8-24(2)19-25)37(47)38(48)45(35)39-43-44-40(53-39)52-23-28-10-14-29(41)21-31(28)42/h7-17,19-21,35,46H,4-6,18,22-23H2,1-3H3. The number of rotatable bonds is 15. The number of Topliss-reactive ketones (excluding diaryl/α,β-unsaturated/α-hetero) is 1. The quantitative estimate of drug-likeness (QED) is 0.0277. The van der Waals surface area contributed by atoms with E-state index in [-0.39, 0.29) is 16.5 Å². The summed E-state index contributed by atoms with van der Waals surface area (Å²) in [6.07, 6.45) is 2.98. The lowest BCUT2D eigenvalue weighted by Crippen LogP contribution is -2.29. The smallest absolute Gasteiger partial charge is 0.301 e. The van der Waals surface area contributed by atoms with E-state index in [9.17, 15) is 14.7 Å². The van der Waals surface area contributed by atoms with Crippen LogP contribution >= 0.6 is 46.3 Å². The van der Waals surface area contributed by atoms with Crippen LogP contribution < -0.4 is 19.1 Å². The van der Waals surface area contributed by atoms with Crippen molar-refractivity contribution in [1.29, 1.82) is 0 Å². The van der Waals surface area contributed by atoms with Crippen LogP contribution in [0.15, 0.2) is 94.8 Å². The van der Waals surface area contributed by atoms with Crippen LogP contribution in [0.3, 0.4) is 0 Å². The Balaban J connectivity index is 1.33. The topological polar surface area (TPSA) is 111 Å². The molecule has 0 aliphatic carbocycles. The molecule has 1 amide bonds. The fourth-order valence-electron chi connectivity index (χ4n) is 5.82. The van der Waals surface area contributed by atoms with Crippen LogP contribution in [-0.2, 0) is 21.9 Å². The minimum atomic E-state index is -1.05. The third-order valence-electron chi connectivity index (χ3n) is 8.54. The Morgan fingerprint density at radius 2 is 1.75 bits per heavy atom. The number of nitrogens with zero attached hydrogens (tertiary/aromatic N) is 3. The first-order valence-corrected chi connectivity index (χ1v) is 19.5. The van der Waals surface area contributed by atoms with E-state index in [0.717, 1.165) is 47.3 Å². The molecule has 1 aliphatic heterocycles. The zero-order chi connectivity index (χ0) is 37.5. The van der Waals surface area contributed by atoms with Gasteiger partial charge in [0.15, 0.2) is 15.8 Å². The Bertz CT molecular complexity index is 2140. The second kappa shape index (κ2) is 17.5. The first-order chi connectivity index (χ1) is 25.7. The maximum atomic E-state index is 13.9. The molecule has 1 aromatic heterocycles. The molecule has 1 unspecified atom stereocenters. The molecule has 274 valence electrons. The number of carbonyl (C=O) groups excluding carboxylic acids is 2. The molecule has 4 aromatic carbocycles. The van der Waals surface area contributed by atoms with Gasteiger partial charge >= 0.3 is 5.91 Å². The summed E-state index contributed by atoms with van der Waals surface area (Å²) in [5.41, 5.74) is 3.77. The molecule has 5 aromatic rings. The number of aromatic nitrogens is 2. The number of aliphatic hydroxyl groups excluding tert-OH is 1. The summed E-state index contributed by atoms with van der Waals surface area (Å²) in [6.45, 7) is 5.02. The lowest BCUT2D eigenvalue weighted by atomic mass is 9.95. The van der Waals surface area contributed by atoms with Crippen molar-refractivity contribution in [3.05, 3.63) is 128 Å². The van der Waals surface area contributed by atoms with Crippen molar-refractivity contribution in [2.24, 2.45) is 0 Å². The molecule has 1 fully saturated rings. The highest BCUT2D eigenvalue weighted by molar-refractivity contribution is 8.00. The van der Waals surface area contributed by atoms with Crippen molar-refractivity contribution in [1.82, 2.24) is 10.2 Å². The predicted octanol–water partition coefficient (Wildman–Crippen LogP) is 10.2. The Morgan fingerprint density at radius 3 is 2.49 bits per heavy atom. The van der Waals surface area contributed by atoms with Gasteiger partial charge < -0.3 is 19.3 Å². The summed E-state index contributed by atoms with van der Waals surface area (Å²) in [7, 11) is 1.53. The van der Waals surface area contributed by atoms with Crippen molar-refractivity contribution >= 4 is 68.9 Å². The Hall–Kier alpha value is -4.55. The fourth-order valence-corrected chi connectivity index (χ4v) is 8.25. The van der Waals surface area contributed by atoms with Crippen LogP contribution in [0, 0.1) is 6.92 Å². The highest BCUT2D eigenvalue weighted by Crippen LogP contribution is 2.46. The number of benzene rings is 4. The number of thioether (sulfide) groups is 1. The predicted molar refractivity (Wildman–Crippen MR) is 211 cm³/mol. The van der Waals surface area contributed by atoms with E-state index in [1.165, 1.54) is 23.8 Å². The van der Waals surface area contributed by atoms with Gasteiger partial charge in [0.1, 0.15) is 18.1 Å². The molecule has 0 spiro atoms. The lowest BCUT2D eigenvalue weighted by Gasteiger charge is -2.23. The molecule has 1 N–H and O–H groups in total. The lowest BCUT2D eigenvalue weighted by molar-refractivity contribution is -0.132. The van der Waals surface area contributed by atoms with Gasteiger partial charge in [0, 0.05) is 21.4 Å². The average molecular weight is 791 g/mol. The van der Waals surface area contributed by atoms with Gasteiger partial charge in [-0.1, -0.05) is 108 Å². The van der Waals surface area contributed by atoms with Gasteiger partial charge in [-0.15, -0.1) is 10.2 Å². The van der Waals surface area contributed by atoms with Gasteiger partial charge in [0.2, 0.25) is 5.13 Å². The molecule has 13 heteroatoms. The fraction of sp³-hybridized carbons (Fsp3) is 0.250. The number of anilines is 1. The maximum absolute atomic E-state index is 13.9. The van der Waals surface area contributed by atoms with Crippen molar-refractivity contribution in [2.45, 2.75) is 55.9 Å². The average Bonchev–Trinajstić information content (AvgIpc) is 3.73. The Kier molecular flexibility index (Phi) is 12.6. The summed E-state index contributed by atoms with van der Waals surface area (Å²) < 4.78 is 18.2. The van der Waals surface area contributed by atoms with Crippen LogP contribution in [0.5, 0.6) is 17.2 Å². The number of aryl methyl sites for hydroxylation is 1. The molecule has 0 bridgehead atoms. The van der Waals surface area contributed by atoms with Crippen LogP contribution in [0.1, 0.15) is 60.0 Å². The molecule has 1 aliphatic rings. The summed E-state index contributed by atoms with van der Waals surface area (Å²) in [4.78, 5) is 29.0. The number of ether oxygens (including phenoxy) is 3. The second-order valence-corrected chi connectivity index (χ2v) is 15.3. The summed E-state index contributed by atoms with van der Waals surface area (Å²) in [5.74, 6) is -0.0249. The number of aliphatic hydroxyl groups is 1. The highest BCUT2D eigenvalue weighted by atomic mass is 35.5. The summed E-state index contributed by atoms with van der Waals surface area (Å²) in [5, 5.41) is 21.7. The number of ketones is 1. The molecule has 9 nitrogen and oxygen atoms in total. The normalized spacial score (nSPS) is 15.2. The molecular weight excluding hydrogens is 753 g/mol. The number of hydrogen-bond acceptors (Lipinski definition) is 10. The van der Waals surface area contributed by atoms with Crippen molar-refractivity contribution in [3.8, 4) is 17.2 Å².